The van der Waals surface area contributed by atoms with Crippen molar-refractivity contribution in [3.05, 3.63) is 24.8 Å². The molecule has 1 fully saturated rings. The average Bonchev–Trinajstić information content (AvgIpc) is 3.09. The Balaban J connectivity index is 1.99. The lowest BCUT2D eigenvalue weighted by Gasteiger charge is -2.19. The summed E-state index contributed by atoms with van der Waals surface area (Å²) in [4.78, 5) is 14.7. The second-order valence-electron chi connectivity index (χ2n) is 6.06. The number of aliphatic hydroxyl groups is 3. The summed E-state index contributed by atoms with van der Waals surface area (Å²) >= 11 is 0. The van der Waals surface area contributed by atoms with E-state index in [2.05, 4.69) is 21.5 Å². The van der Waals surface area contributed by atoms with Crippen molar-refractivity contribution in [3.63, 3.8) is 0 Å². The van der Waals surface area contributed by atoms with Gasteiger partial charge in [0.05, 0.1) is 12.9 Å². The van der Waals surface area contributed by atoms with Crippen molar-refractivity contribution in [2.75, 3.05) is 25.1 Å². The fourth-order valence-corrected chi connectivity index (χ4v) is 2.89. The first kappa shape index (κ1) is 16.8. The van der Waals surface area contributed by atoms with Crippen LogP contribution >= 0.6 is 0 Å². The second kappa shape index (κ2) is 6.44. The zero-order valence-corrected chi connectivity index (χ0v) is 13.6. The van der Waals surface area contributed by atoms with Gasteiger partial charge in [0.2, 0.25) is 0 Å². The summed E-state index contributed by atoms with van der Waals surface area (Å²) in [6, 6.07) is 0. The summed E-state index contributed by atoms with van der Waals surface area (Å²) in [5, 5.41) is 29.3. The maximum absolute atomic E-state index is 10.2. The Morgan fingerprint density at radius 2 is 2.08 bits per heavy atom. The number of hydrogen-bond acceptors (Lipinski definition) is 8. The molecule has 0 bridgehead atoms. The van der Waals surface area contributed by atoms with Crippen LogP contribution in [0.3, 0.4) is 0 Å². The molecule has 0 aromatic carbocycles. The number of aliphatic hydroxyl groups excluding tert-OH is 3. The van der Waals surface area contributed by atoms with E-state index in [0.717, 1.165) is 5.57 Å². The Kier molecular flexibility index (Phi) is 4.50. The smallest absolute Gasteiger partial charge is 0.167 e. The van der Waals surface area contributed by atoms with Crippen molar-refractivity contribution in [3.8, 4) is 0 Å². The van der Waals surface area contributed by atoms with Crippen LogP contribution in [0.15, 0.2) is 24.8 Å². The van der Waals surface area contributed by atoms with Crippen LogP contribution in [0.25, 0.3) is 11.2 Å². The molecule has 1 aliphatic rings. The van der Waals surface area contributed by atoms with E-state index in [1.165, 1.54) is 12.7 Å². The van der Waals surface area contributed by atoms with Crippen LogP contribution in [0, 0.1) is 0 Å². The number of anilines is 1. The van der Waals surface area contributed by atoms with E-state index < -0.39 is 24.5 Å². The highest BCUT2D eigenvalue weighted by molar-refractivity contribution is 5.83. The summed E-state index contributed by atoms with van der Waals surface area (Å²) in [5.74, 6) is 0.633. The van der Waals surface area contributed by atoms with Gasteiger partial charge in [0.25, 0.3) is 0 Å². The van der Waals surface area contributed by atoms with Crippen LogP contribution < -0.4 is 4.90 Å². The lowest BCUT2D eigenvalue weighted by Crippen LogP contribution is -2.33. The molecule has 0 radical (unpaired) electrons. The molecule has 9 nitrogen and oxygen atoms in total. The maximum Gasteiger partial charge on any atom is 0.167 e. The van der Waals surface area contributed by atoms with E-state index in [0.29, 0.717) is 23.5 Å². The predicted octanol–water partition coefficient (Wildman–Crippen LogP) is -0.550. The van der Waals surface area contributed by atoms with Gasteiger partial charge in [-0.25, -0.2) is 15.0 Å². The monoisotopic (exact) mass is 335 g/mol. The Morgan fingerprint density at radius 1 is 1.33 bits per heavy atom. The molecule has 0 saturated carbocycles. The van der Waals surface area contributed by atoms with Gasteiger partial charge in [-0.3, -0.25) is 4.57 Å². The molecule has 3 heterocycles. The molecule has 24 heavy (non-hydrogen) atoms. The fraction of sp³-hybridized carbons (Fsp3) is 0.533. The van der Waals surface area contributed by atoms with Gasteiger partial charge in [0, 0.05) is 13.6 Å². The van der Waals surface area contributed by atoms with Gasteiger partial charge in [0.15, 0.2) is 23.2 Å². The minimum Gasteiger partial charge on any atom is -0.394 e. The standard InChI is InChI=1S/C15H21N5O4/c1-8(2)4-19(3)13-10-14(17-6-16-13)20(7-18-10)15-12(23)11(22)9(5-21)24-15/h6-7,9,11-12,15,21-23H,1,4-5H2,2-3H3/t9-,11-,12-,15-/m1/s1. The largest absolute Gasteiger partial charge is 0.394 e. The third-order valence-corrected chi connectivity index (χ3v) is 4.00. The first-order chi connectivity index (χ1) is 11.4. The number of fused-ring (bicyclic) bond motifs is 1. The van der Waals surface area contributed by atoms with Crippen LogP contribution in [0.2, 0.25) is 0 Å². The molecule has 0 unspecified atom stereocenters. The summed E-state index contributed by atoms with van der Waals surface area (Å²) in [5.41, 5.74) is 2.01. The predicted molar refractivity (Wildman–Crippen MR) is 86.4 cm³/mol. The third kappa shape index (κ3) is 2.75. The van der Waals surface area contributed by atoms with Crippen LogP contribution in [0.5, 0.6) is 0 Å². The van der Waals surface area contributed by atoms with E-state index in [4.69, 9.17) is 4.74 Å². The quantitative estimate of drug-likeness (QED) is 0.623. The summed E-state index contributed by atoms with van der Waals surface area (Å²) in [6.07, 6.45) is -1.20. The molecule has 4 atom stereocenters. The van der Waals surface area contributed by atoms with Crippen molar-refractivity contribution in [1.82, 2.24) is 19.5 Å². The first-order valence-electron chi connectivity index (χ1n) is 7.59. The molecule has 1 saturated heterocycles. The van der Waals surface area contributed by atoms with Gasteiger partial charge in [-0.1, -0.05) is 12.2 Å². The Hall–Kier alpha value is -2.07. The van der Waals surface area contributed by atoms with Gasteiger partial charge >= 0.3 is 0 Å². The highest BCUT2D eigenvalue weighted by atomic mass is 16.6. The molecule has 130 valence electrons. The zero-order valence-electron chi connectivity index (χ0n) is 13.6. The van der Waals surface area contributed by atoms with Crippen LogP contribution in [0.1, 0.15) is 13.2 Å². The molecule has 3 rings (SSSR count). The highest BCUT2D eigenvalue weighted by Crippen LogP contribution is 2.32. The molecule has 2 aromatic rings. The first-order valence-corrected chi connectivity index (χ1v) is 7.59. The van der Waals surface area contributed by atoms with Crippen molar-refractivity contribution < 1.29 is 20.1 Å². The molecule has 0 amide bonds. The summed E-state index contributed by atoms with van der Waals surface area (Å²) in [6.45, 7) is 6.04. The van der Waals surface area contributed by atoms with Gasteiger partial charge in [-0.2, -0.15) is 0 Å². The number of rotatable bonds is 5. The number of ether oxygens (including phenoxy) is 1. The fourth-order valence-electron chi connectivity index (χ4n) is 2.89. The van der Waals surface area contributed by atoms with Gasteiger partial charge in [0.1, 0.15) is 24.6 Å². The van der Waals surface area contributed by atoms with E-state index in [-0.39, 0.29) is 6.61 Å². The molecule has 2 aromatic heterocycles. The Bertz CT molecular complexity index is 749. The molecular weight excluding hydrogens is 314 g/mol. The summed E-state index contributed by atoms with van der Waals surface area (Å²) in [7, 11) is 1.88. The van der Waals surface area contributed by atoms with Gasteiger partial charge in [-0.15, -0.1) is 0 Å². The van der Waals surface area contributed by atoms with Crippen LogP contribution in [-0.4, -0.2) is 73.3 Å². The van der Waals surface area contributed by atoms with E-state index in [9.17, 15) is 15.3 Å². The minimum absolute atomic E-state index is 0.386. The Labute approximate surface area is 138 Å². The highest BCUT2D eigenvalue weighted by Gasteiger charge is 2.44. The lowest BCUT2D eigenvalue weighted by molar-refractivity contribution is -0.0511. The van der Waals surface area contributed by atoms with Crippen molar-refractivity contribution in [1.29, 1.82) is 0 Å². The minimum atomic E-state index is -1.19. The Morgan fingerprint density at radius 3 is 2.71 bits per heavy atom. The number of imidazole rings is 1. The van der Waals surface area contributed by atoms with E-state index in [1.54, 1.807) is 4.57 Å². The van der Waals surface area contributed by atoms with Gasteiger partial charge < -0.3 is 25.0 Å². The van der Waals surface area contributed by atoms with Gasteiger partial charge in [-0.05, 0) is 6.92 Å². The second-order valence-corrected chi connectivity index (χ2v) is 6.06. The summed E-state index contributed by atoms with van der Waals surface area (Å²) < 4.78 is 7.08. The number of hydrogen-bond donors (Lipinski definition) is 3. The van der Waals surface area contributed by atoms with Crippen molar-refractivity contribution in [2.24, 2.45) is 0 Å². The molecule has 3 N–H and O–H groups in total. The van der Waals surface area contributed by atoms with Crippen LogP contribution in [-0.2, 0) is 4.74 Å². The lowest BCUT2D eigenvalue weighted by atomic mass is 10.1. The molecule has 9 heteroatoms. The molecule has 0 aliphatic carbocycles. The average molecular weight is 335 g/mol. The van der Waals surface area contributed by atoms with E-state index >= 15 is 0 Å². The van der Waals surface area contributed by atoms with Crippen molar-refractivity contribution >= 4 is 17.0 Å². The van der Waals surface area contributed by atoms with Crippen molar-refractivity contribution in [2.45, 2.75) is 31.5 Å². The molecule has 0 spiro atoms. The number of aromatic nitrogens is 4. The molecular formula is C15H21N5O4. The number of nitrogens with zero attached hydrogens (tertiary/aromatic N) is 5. The normalized spacial score (nSPS) is 26.9. The SMILES string of the molecule is C=C(C)CN(C)c1ncnc2c1ncn2[C@@H]1O[C@H](CO)[C@@H](O)[C@H]1O. The topological polar surface area (TPSA) is 117 Å². The van der Waals surface area contributed by atoms with E-state index in [1.807, 2.05) is 18.9 Å². The van der Waals surface area contributed by atoms with Crippen LogP contribution in [0.4, 0.5) is 5.82 Å². The zero-order chi connectivity index (χ0) is 17.4. The molecule has 1 aliphatic heterocycles. The third-order valence-electron chi connectivity index (χ3n) is 4.00. The maximum atomic E-state index is 10.2. The number of likely N-dealkylation sites (N-methyl/N-ethyl adjacent to an activating group) is 1.